The van der Waals surface area contributed by atoms with Gasteiger partial charge in [-0.25, -0.2) is 8.42 Å². The van der Waals surface area contributed by atoms with Crippen molar-refractivity contribution in [3.8, 4) is 0 Å². The number of piperidine rings is 1. The normalized spacial score (nSPS) is 19.3. The zero-order valence-electron chi connectivity index (χ0n) is 12.6. The van der Waals surface area contributed by atoms with Gasteiger partial charge in [0.2, 0.25) is 10.0 Å². The molecule has 0 bridgehead atoms. The van der Waals surface area contributed by atoms with Gasteiger partial charge in [0.15, 0.2) is 4.90 Å². The Bertz CT molecular complexity index is 854. The summed E-state index contributed by atoms with van der Waals surface area (Å²) in [5.74, 6) is 0.00207. The molecule has 1 aliphatic heterocycles. The molecule has 1 aromatic carbocycles. The van der Waals surface area contributed by atoms with Crippen LogP contribution < -0.4 is 0 Å². The summed E-state index contributed by atoms with van der Waals surface area (Å²) in [5, 5.41) is 18.0. The van der Waals surface area contributed by atoms with Gasteiger partial charge in [0, 0.05) is 41.4 Å². The van der Waals surface area contributed by atoms with Crippen LogP contribution in [0.15, 0.2) is 39.8 Å². The quantitative estimate of drug-likeness (QED) is 0.610. The first-order chi connectivity index (χ1) is 11.4. The van der Waals surface area contributed by atoms with E-state index in [1.807, 2.05) is 6.07 Å². The number of benzene rings is 1. The van der Waals surface area contributed by atoms with Crippen molar-refractivity contribution < 1.29 is 13.3 Å². The Morgan fingerprint density at radius 2 is 2.17 bits per heavy atom. The second-order valence-corrected chi connectivity index (χ2v) is 8.41. The number of rotatable bonds is 4. The fourth-order valence-electron chi connectivity index (χ4n) is 2.89. The molecule has 10 heteroatoms. The van der Waals surface area contributed by atoms with E-state index >= 15 is 0 Å². The molecule has 1 aliphatic rings. The second kappa shape index (κ2) is 6.61. The van der Waals surface area contributed by atoms with Crippen LogP contribution in [0.4, 0.5) is 5.69 Å². The van der Waals surface area contributed by atoms with E-state index in [-0.39, 0.29) is 17.4 Å². The van der Waals surface area contributed by atoms with Crippen molar-refractivity contribution >= 4 is 31.6 Å². The van der Waals surface area contributed by atoms with Crippen LogP contribution in [-0.2, 0) is 10.0 Å². The van der Waals surface area contributed by atoms with Crippen LogP contribution in [0.2, 0.25) is 0 Å². The van der Waals surface area contributed by atoms with Crippen LogP contribution in [0.25, 0.3) is 0 Å². The van der Waals surface area contributed by atoms with Crippen molar-refractivity contribution in [2.75, 3.05) is 13.1 Å². The molecule has 0 aliphatic carbocycles. The van der Waals surface area contributed by atoms with Crippen LogP contribution in [0, 0.1) is 10.1 Å². The maximum atomic E-state index is 13.0. The SMILES string of the molecule is O=[N+]([O-])c1ccc(Br)cc1S(=O)(=O)N1CCCC(c2ccn[nH]2)C1. The average molecular weight is 415 g/mol. The van der Waals surface area contributed by atoms with Crippen LogP contribution in [0.1, 0.15) is 24.5 Å². The van der Waals surface area contributed by atoms with Crippen molar-refractivity contribution in [1.29, 1.82) is 0 Å². The second-order valence-electron chi connectivity index (χ2n) is 5.58. The maximum Gasteiger partial charge on any atom is 0.289 e. The Balaban J connectivity index is 1.96. The van der Waals surface area contributed by atoms with Gasteiger partial charge in [-0.1, -0.05) is 15.9 Å². The average Bonchev–Trinajstić information content (AvgIpc) is 3.09. The number of aromatic amines is 1. The number of aromatic nitrogens is 2. The number of nitrogens with one attached hydrogen (secondary N) is 1. The Morgan fingerprint density at radius 1 is 1.38 bits per heavy atom. The molecule has 1 fully saturated rings. The smallest absolute Gasteiger partial charge is 0.282 e. The highest BCUT2D eigenvalue weighted by molar-refractivity contribution is 9.10. The Hall–Kier alpha value is -1.78. The highest BCUT2D eigenvalue weighted by atomic mass is 79.9. The lowest BCUT2D eigenvalue weighted by molar-refractivity contribution is -0.387. The van der Waals surface area contributed by atoms with E-state index in [0.29, 0.717) is 17.4 Å². The van der Waals surface area contributed by atoms with Crippen LogP contribution in [0.5, 0.6) is 0 Å². The maximum absolute atomic E-state index is 13.0. The lowest BCUT2D eigenvalue weighted by atomic mass is 9.96. The van der Waals surface area contributed by atoms with E-state index in [1.54, 1.807) is 6.20 Å². The number of nitrogens with zero attached hydrogens (tertiary/aromatic N) is 3. The topological polar surface area (TPSA) is 109 Å². The van der Waals surface area contributed by atoms with Gasteiger partial charge in [-0.2, -0.15) is 9.40 Å². The molecule has 2 heterocycles. The molecule has 0 amide bonds. The van der Waals surface area contributed by atoms with Crippen LogP contribution >= 0.6 is 15.9 Å². The third-order valence-electron chi connectivity index (χ3n) is 4.08. The molecule has 1 unspecified atom stereocenters. The lowest BCUT2D eigenvalue weighted by Gasteiger charge is -2.31. The van der Waals surface area contributed by atoms with Crippen LogP contribution in [-0.4, -0.2) is 40.9 Å². The van der Waals surface area contributed by atoms with Gasteiger partial charge in [-0.3, -0.25) is 15.2 Å². The zero-order chi connectivity index (χ0) is 17.3. The third kappa shape index (κ3) is 3.21. The summed E-state index contributed by atoms with van der Waals surface area (Å²) in [5.41, 5.74) is 0.459. The van der Waals surface area contributed by atoms with E-state index in [2.05, 4.69) is 26.1 Å². The molecule has 0 radical (unpaired) electrons. The van der Waals surface area contributed by atoms with E-state index in [1.165, 1.54) is 22.5 Å². The molecule has 128 valence electrons. The van der Waals surface area contributed by atoms with E-state index in [9.17, 15) is 18.5 Å². The molecule has 1 aromatic heterocycles. The number of nitro benzene ring substituents is 1. The molecule has 2 aromatic rings. The van der Waals surface area contributed by atoms with Gasteiger partial charge < -0.3 is 0 Å². The minimum atomic E-state index is -3.96. The molecule has 0 spiro atoms. The Morgan fingerprint density at radius 3 is 2.83 bits per heavy atom. The summed E-state index contributed by atoms with van der Waals surface area (Å²) in [7, 11) is -3.96. The summed E-state index contributed by atoms with van der Waals surface area (Å²) < 4.78 is 27.7. The fourth-order valence-corrected chi connectivity index (χ4v) is 5.11. The number of hydrogen-bond donors (Lipinski definition) is 1. The van der Waals surface area contributed by atoms with E-state index in [4.69, 9.17) is 0 Å². The Kier molecular flexibility index (Phi) is 4.70. The monoisotopic (exact) mass is 414 g/mol. The molecule has 1 saturated heterocycles. The third-order valence-corrected chi connectivity index (χ3v) is 6.47. The molecular weight excluding hydrogens is 400 g/mol. The summed E-state index contributed by atoms with van der Waals surface area (Å²) >= 11 is 3.19. The summed E-state index contributed by atoms with van der Waals surface area (Å²) in [6, 6.07) is 5.77. The predicted molar refractivity (Wildman–Crippen MR) is 90.1 cm³/mol. The number of halogens is 1. The molecule has 1 atom stereocenters. The van der Waals surface area contributed by atoms with Crippen molar-refractivity contribution in [2.45, 2.75) is 23.7 Å². The number of sulfonamides is 1. The van der Waals surface area contributed by atoms with Crippen molar-refractivity contribution in [2.24, 2.45) is 0 Å². The molecule has 1 N–H and O–H groups in total. The highest BCUT2D eigenvalue weighted by Gasteiger charge is 2.35. The predicted octanol–water partition coefficient (Wildman–Crippen LogP) is 2.65. The molecule has 8 nitrogen and oxygen atoms in total. The first-order valence-corrected chi connectivity index (χ1v) is 9.56. The Labute approximate surface area is 147 Å². The summed E-state index contributed by atoms with van der Waals surface area (Å²) in [4.78, 5) is 10.3. The molecular formula is C14H15BrN4O4S. The van der Waals surface area contributed by atoms with Gasteiger partial charge in [0.25, 0.3) is 5.69 Å². The van der Waals surface area contributed by atoms with Gasteiger partial charge >= 0.3 is 0 Å². The summed E-state index contributed by atoms with van der Waals surface area (Å²) in [6.07, 6.45) is 3.15. The minimum absolute atomic E-state index is 0.00207. The largest absolute Gasteiger partial charge is 0.289 e. The van der Waals surface area contributed by atoms with Gasteiger partial charge in [-0.05, 0) is 31.0 Å². The standard InChI is InChI=1S/C14H15BrN4O4S/c15-11-3-4-13(19(20)21)14(8-11)24(22,23)18-7-1-2-10(9-18)12-5-6-16-17-12/h3-6,8,10H,1-2,7,9H2,(H,16,17). The first-order valence-electron chi connectivity index (χ1n) is 7.33. The van der Waals surface area contributed by atoms with Crippen molar-refractivity contribution in [3.63, 3.8) is 0 Å². The van der Waals surface area contributed by atoms with E-state index < -0.39 is 20.6 Å². The van der Waals surface area contributed by atoms with Crippen molar-refractivity contribution in [1.82, 2.24) is 14.5 Å². The van der Waals surface area contributed by atoms with Gasteiger partial charge in [0.05, 0.1) is 4.92 Å². The summed E-state index contributed by atoms with van der Waals surface area (Å²) in [6.45, 7) is 0.616. The van der Waals surface area contributed by atoms with Gasteiger partial charge in [0.1, 0.15) is 0 Å². The van der Waals surface area contributed by atoms with Crippen molar-refractivity contribution in [3.05, 3.63) is 50.7 Å². The van der Waals surface area contributed by atoms with E-state index in [0.717, 1.165) is 12.1 Å². The fraction of sp³-hybridized carbons (Fsp3) is 0.357. The minimum Gasteiger partial charge on any atom is -0.282 e. The molecule has 24 heavy (non-hydrogen) atoms. The van der Waals surface area contributed by atoms with Gasteiger partial charge in [-0.15, -0.1) is 0 Å². The number of hydrogen-bond acceptors (Lipinski definition) is 5. The lowest BCUT2D eigenvalue weighted by Crippen LogP contribution is -2.39. The van der Waals surface area contributed by atoms with Crippen LogP contribution in [0.3, 0.4) is 0 Å². The molecule has 3 rings (SSSR count). The zero-order valence-corrected chi connectivity index (χ0v) is 15.0. The number of H-pyrrole nitrogens is 1. The number of nitro groups is 1. The highest BCUT2D eigenvalue weighted by Crippen LogP contribution is 2.33. The first kappa shape index (κ1) is 17.1. The molecule has 0 saturated carbocycles.